The van der Waals surface area contributed by atoms with E-state index < -0.39 is 41.6 Å². The second-order valence-electron chi connectivity index (χ2n) is 7.94. The quantitative estimate of drug-likeness (QED) is 0.312. The zero-order valence-electron chi connectivity index (χ0n) is 20.0. The smallest absolute Gasteiger partial charge is 0.422 e. The van der Waals surface area contributed by atoms with E-state index in [1.54, 1.807) is 7.05 Å². The van der Waals surface area contributed by atoms with Gasteiger partial charge in [-0.15, -0.1) is 0 Å². The molecule has 0 aliphatic rings. The molecule has 202 valence electrons. The maximum absolute atomic E-state index is 14.2. The molecule has 38 heavy (non-hydrogen) atoms. The Kier molecular flexibility index (Phi) is 9.53. The molecule has 3 aromatic rings. The lowest BCUT2D eigenvalue weighted by atomic mass is 10.0. The van der Waals surface area contributed by atoms with Crippen LogP contribution in [0.5, 0.6) is 5.75 Å². The minimum absolute atomic E-state index is 0.180. The van der Waals surface area contributed by atoms with Gasteiger partial charge in [0.1, 0.15) is 5.82 Å². The first kappa shape index (κ1) is 29.2. The first-order valence-corrected chi connectivity index (χ1v) is 11.7. The summed E-state index contributed by atoms with van der Waals surface area (Å²) < 4.78 is 62.8. The summed E-state index contributed by atoms with van der Waals surface area (Å²) in [5.74, 6) is -3.20. The lowest BCUT2D eigenvalue weighted by Gasteiger charge is -2.18. The van der Waals surface area contributed by atoms with Crippen LogP contribution in [0.2, 0.25) is 10.0 Å². The molecule has 0 atom stereocenters. The van der Waals surface area contributed by atoms with Crippen LogP contribution >= 0.6 is 23.2 Å². The van der Waals surface area contributed by atoms with Crippen LogP contribution in [0.25, 0.3) is 11.1 Å². The molecule has 1 aromatic heterocycles. The second-order valence-corrected chi connectivity index (χ2v) is 8.75. The second kappa shape index (κ2) is 12.4. The van der Waals surface area contributed by atoms with Gasteiger partial charge in [-0.05, 0) is 36.4 Å². The molecule has 0 bridgehead atoms. The number of rotatable bonds is 9. The molecule has 0 saturated carbocycles. The fourth-order valence-electron chi connectivity index (χ4n) is 3.27. The molecule has 2 aromatic carbocycles. The van der Waals surface area contributed by atoms with E-state index >= 15 is 0 Å². The van der Waals surface area contributed by atoms with E-state index in [1.807, 2.05) is 0 Å². The van der Waals surface area contributed by atoms with Gasteiger partial charge in [-0.2, -0.15) is 13.2 Å². The summed E-state index contributed by atoms with van der Waals surface area (Å²) in [4.78, 5) is 30.9. The number of halogens is 6. The van der Waals surface area contributed by atoms with Gasteiger partial charge in [-0.1, -0.05) is 29.3 Å². The van der Waals surface area contributed by atoms with Crippen molar-refractivity contribution in [3.63, 3.8) is 0 Å². The molecule has 2 amide bonds. The monoisotopic (exact) mass is 573 g/mol. The highest BCUT2D eigenvalue weighted by Gasteiger charge is 2.29. The first-order valence-electron chi connectivity index (χ1n) is 10.9. The van der Waals surface area contributed by atoms with Crippen molar-refractivity contribution in [3.05, 3.63) is 75.7 Å². The average molecular weight is 574 g/mol. The van der Waals surface area contributed by atoms with Crippen molar-refractivity contribution in [2.24, 2.45) is 0 Å². The van der Waals surface area contributed by atoms with Crippen molar-refractivity contribution < 1.29 is 36.6 Å². The van der Waals surface area contributed by atoms with Gasteiger partial charge in [0.05, 0.1) is 17.2 Å². The van der Waals surface area contributed by atoms with E-state index in [2.05, 4.69) is 10.3 Å². The van der Waals surface area contributed by atoms with Crippen LogP contribution in [-0.2, 0) is 4.74 Å². The molecule has 0 saturated heterocycles. The fraction of sp³-hybridized carbons (Fsp3) is 0.240. The van der Waals surface area contributed by atoms with Gasteiger partial charge in [0.25, 0.3) is 11.8 Å². The van der Waals surface area contributed by atoms with Crippen LogP contribution in [0.1, 0.15) is 20.7 Å². The van der Waals surface area contributed by atoms with Gasteiger partial charge in [0.2, 0.25) is 0 Å². The first-order chi connectivity index (χ1) is 17.9. The number of nitrogens with one attached hydrogen (secondary N) is 1. The highest BCUT2D eigenvalue weighted by molar-refractivity contribution is 6.34. The van der Waals surface area contributed by atoms with E-state index in [1.165, 1.54) is 54.6 Å². The molecule has 0 radical (unpaired) electrons. The molecule has 13 heteroatoms. The Morgan fingerprint density at radius 1 is 1.11 bits per heavy atom. The topological polar surface area (TPSA) is 80.8 Å². The third-order valence-corrected chi connectivity index (χ3v) is 5.81. The largest absolute Gasteiger partial charge is 0.480 e. The Labute approximate surface area is 225 Å². The van der Waals surface area contributed by atoms with Crippen molar-refractivity contribution in [2.45, 2.75) is 6.18 Å². The number of methoxy groups -OCH3 is 1. The molecule has 1 N–H and O–H groups in total. The van der Waals surface area contributed by atoms with Gasteiger partial charge < -0.3 is 19.7 Å². The summed E-state index contributed by atoms with van der Waals surface area (Å²) in [6, 6.07) is 9.15. The number of hydrogen-bond acceptors (Lipinski definition) is 5. The van der Waals surface area contributed by atoms with Gasteiger partial charge in [-0.25, -0.2) is 9.37 Å². The molecule has 0 unspecified atom stereocenters. The fourth-order valence-corrected chi connectivity index (χ4v) is 3.75. The van der Waals surface area contributed by atoms with Crippen molar-refractivity contribution in [1.29, 1.82) is 0 Å². The lowest BCUT2D eigenvalue weighted by Crippen LogP contribution is -2.29. The zero-order valence-corrected chi connectivity index (χ0v) is 21.5. The molecular formula is C25H21Cl2F4N3O4. The van der Waals surface area contributed by atoms with E-state index in [-0.39, 0.29) is 32.6 Å². The number of aromatic nitrogens is 1. The van der Waals surface area contributed by atoms with Crippen molar-refractivity contribution in [2.75, 3.05) is 39.2 Å². The summed E-state index contributed by atoms with van der Waals surface area (Å²) in [7, 11) is 3.08. The number of nitrogens with zero attached hydrogens (tertiary/aromatic N) is 2. The molecule has 3 rings (SSSR count). The molecule has 0 fully saturated rings. The molecular weight excluding hydrogens is 553 g/mol. The number of pyridine rings is 1. The summed E-state index contributed by atoms with van der Waals surface area (Å²) >= 11 is 12.2. The summed E-state index contributed by atoms with van der Waals surface area (Å²) in [6.45, 7) is -1.06. The highest BCUT2D eigenvalue weighted by Crippen LogP contribution is 2.35. The Balaban J connectivity index is 1.99. The number of anilines is 1. The average Bonchev–Trinajstić information content (AvgIpc) is 2.86. The van der Waals surface area contributed by atoms with Crippen LogP contribution in [0.4, 0.5) is 23.4 Å². The Bertz CT molecular complexity index is 1320. The van der Waals surface area contributed by atoms with Crippen LogP contribution in [-0.4, -0.2) is 61.8 Å². The van der Waals surface area contributed by atoms with Crippen molar-refractivity contribution >= 4 is 40.8 Å². The Hall–Kier alpha value is -3.41. The third kappa shape index (κ3) is 7.33. The molecule has 0 aliphatic heterocycles. The van der Waals surface area contributed by atoms with Crippen LogP contribution in [0.15, 0.2) is 48.7 Å². The van der Waals surface area contributed by atoms with E-state index in [0.717, 1.165) is 6.07 Å². The van der Waals surface area contributed by atoms with E-state index in [9.17, 15) is 27.2 Å². The predicted molar refractivity (Wildman–Crippen MR) is 134 cm³/mol. The summed E-state index contributed by atoms with van der Waals surface area (Å²) in [6.07, 6.45) is -3.49. The summed E-state index contributed by atoms with van der Waals surface area (Å²) in [5, 5.41) is 2.20. The maximum atomic E-state index is 14.2. The van der Waals surface area contributed by atoms with Gasteiger partial charge in [-0.3, -0.25) is 9.59 Å². The molecule has 0 aliphatic carbocycles. The zero-order chi connectivity index (χ0) is 28.0. The maximum Gasteiger partial charge on any atom is 0.422 e. The summed E-state index contributed by atoms with van der Waals surface area (Å²) in [5.41, 5.74) is 0.210. The number of benzene rings is 2. The number of carbonyl (C=O) groups is 2. The normalized spacial score (nSPS) is 11.3. The molecule has 0 spiro atoms. The minimum atomic E-state index is -4.71. The number of ether oxygens (including phenoxy) is 2. The predicted octanol–water partition coefficient (Wildman–Crippen LogP) is 6.11. The SMILES string of the molecule is COCCN(C)C(=O)c1ccc(Cl)c(-c2cnc(NC(=O)c3c(F)cccc3Cl)c(OCC(F)(F)F)c2)c1. The standard InChI is InChI=1S/C25H21Cl2F4N3O4/c1-34(8-9-37-2)24(36)14-6-7-17(26)16(10-14)15-11-20(38-13-25(29,30)31)22(32-12-15)33-23(35)21-18(27)4-3-5-19(21)28/h3-7,10-12H,8-9,13H2,1-2H3,(H,32,33,35). The van der Waals surface area contributed by atoms with Crippen molar-refractivity contribution in [3.8, 4) is 16.9 Å². The van der Waals surface area contributed by atoms with Gasteiger partial charge >= 0.3 is 6.18 Å². The lowest BCUT2D eigenvalue weighted by molar-refractivity contribution is -0.153. The number of alkyl halides is 3. The van der Waals surface area contributed by atoms with Crippen LogP contribution < -0.4 is 10.1 Å². The Morgan fingerprint density at radius 3 is 2.50 bits per heavy atom. The minimum Gasteiger partial charge on any atom is -0.480 e. The van der Waals surface area contributed by atoms with Gasteiger partial charge in [0, 0.05) is 48.6 Å². The molecule has 1 heterocycles. The van der Waals surface area contributed by atoms with Crippen molar-refractivity contribution in [1.82, 2.24) is 9.88 Å². The van der Waals surface area contributed by atoms with Crippen LogP contribution in [0.3, 0.4) is 0 Å². The molecule has 7 nitrogen and oxygen atoms in total. The van der Waals surface area contributed by atoms with E-state index in [0.29, 0.717) is 13.2 Å². The van der Waals surface area contributed by atoms with E-state index in [4.69, 9.17) is 32.7 Å². The highest BCUT2D eigenvalue weighted by atomic mass is 35.5. The van der Waals surface area contributed by atoms with Crippen LogP contribution in [0, 0.1) is 5.82 Å². The van der Waals surface area contributed by atoms with Gasteiger partial charge in [0.15, 0.2) is 18.2 Å². The number of amides is 2. The number of carbonyl (C=O) groups excluding carboxylic acids is 2. The number of hydrogen-bond donors (Lipinski definition) is 1. The third-order valence-electron chi connectivity index (χ3n) is 5.17. The number of likely N-dealkylation sites (N-methyl/N-ethyl adjacent to an activating group) is 1. The Morgan fingerprint density at radius 2 is 1.84 bits per heavy atom.